The minimum atomic E-state index is -0.862. The summed E-state index contributed by atoms with van der Waals surface area (Å²) in [5, 5.41) is 0. The highest BCUT2D eigenvalue weighted by molar-refractivity contribution is 5.85. The SMILES string of the molecule is CC(C)(N)C(=O)N1Cc2[nH]cnc2C(c2ccccc2)C1. The minimum Gasteiger partial charge on any atom is -0.347 e. The number of hydrogen-bond donors (Lipinski definition) is 2. The van der Waals surface area contributed by atoms with E-state index in [2.05, 4.69) is 22.1 Å². The van der Waals surface area contributed by atoms with Gasteiger partial charge in [0.05, 0.1) is 29.8 Å². The van der Waals surface area contributed by atoms with Gasteiger partial charge in [-0.1, -0.05) is 30.3 Å². The van der Waals surface area contributed by atoms with Gasteiger partial charge in [-0.25, -0.2) is 4.98 Å². The first-order valence-electron chi connectivity index (χ1n) is 7.12. The van der Waals surface area contributed by atoms with Crippen molar-refractivity contribution >= 4 is 5.91 Å². The van der Waals surface area contributed by atoms with Crippen molar-refractivity contribution in [2.45, 2.75) is 31.8 Å². The maximum absolute atomic E-state index is 12.5. The molecule has 1 aromatic heterocycles. The second kappa shape index (κ2) is 5.00. The van der Waals surface area contributed by atoms with Crippen molar-refractivity contribution in [3.8, 4) is 0 Å². The number of imidazole rings is 1. The fourth-order valence-corrected chi connectivity index (χ4v) is 2.83. The Bertz CT molecular complexity index is 642. The largest absolute Gasteiger partial charge is 0.347 e. The molecule has 0 fully saturated rings. The number of hydrogen-bond acceptors (Lipinski definition) is 3. The van der Waals surface area contributed by atoms with Gasteiger partial charge >= 0.3 is 0 Å². The maximum atomic E-state index is 12.5. The van der Waals surface area contributed by atoms with E-state index in [1.165, 1.54) is 0 Å². The minimum absolute atomic E-state index is 0.0383. The number of carbonyl (C=O) groups excluding carboxylic acids is 1. The van der Waals surface area contributed by atoms with Crippen LogP contribution in [-0.4, -0.2) is 32.9 Å². The van der Waals surface area contributed by atoms with Gasteiger partial charge < -0.3 is 15.6 Å². The number of aromatic amines is 1. The summed E-state index contributed by atoms with van der Waals surface area (Å²) in [4.78, 5) is 21.9. The first-order chi connectivity index (χ1) is 9.97. The van der Waals surface area contributed by atoms with Gasteiger partial charge in [0, 0.05) is 12.5 Å². The third kappa shape index (κ3) is 2.56. The van der Waals surface area contributed by atoms with Crippen LogP contribution in [0.3, 0.4) is 0 Å². The van der Waals surface area contributed by atoms with E-state index in [0.29, 0.717) is 13.1 Å². The van der Waals surface area contributed by atoms with E-state index in [9.17, 15) is 4.79 Å². The van der Waals surface area contributed by atoms with Gasteiger partial charge in [0.25, 0.3) is 0 Å². The molecular formula is C16H20N4O. The Hall–Kier alpha value is -2.14. The van der Waals surface area contributed by atoms with E-state index < -0.39 is 5.54 Å². The zero-order valence-corrected chi connectivity index (χ0v) is 12.3. The Balaban J connectivity index is 1.97. The molecule has 1 aliphatic rings. The van der Waals surface area contributed by atoms with Gasteiger partial charge in [-0.05, 0) is 19.4 Å². The molecular weight excluding hydrogens is 264 g/mol. The molecule has 1 amide bonds. The molecule has 5 nitrogen and oxygen atoms in total. The first kappa shape index (κ1) is 13.8. The third-order valence-electron chi connectivity index (χ3n) is 3.87. The molecule has 0 aliphatic carbocycles. The van der Waals surface area contributed by atoms with E-state index in [1.54, 1.807) is 20.2 Å². The number of carbonyl (C=O) groups is 1. The van der Waals surface area contributed by atoms with Gasteiger partial charge in [0.1, 0.15) is 0 Å². The molecule has 1 aromatic carbocycles. The van der Waals surface area contributed by atoms with E-state index >= 15 is 0 Å². The Kier molecular flexibility index (Phi) is 3.29. The molecule has 3 N–H and O–H groups in total. The van der Waals surface area contributed by atoms with E-state index in [0.717, 1.165) is 17.0 Å². The Morgan fingerprint density at radius 2 is 2.10 bits per heavy atom. The molecule has 1 aliphatic heterocycles. The van der Waals surface area contributed by atoms with Crippen LogP contribution in [0.25, 0.3) is 0 Å². The van der Waals surface area contributed by atoms with Crippen LogP contribution in [0, 0.1) is 0 Å². The van der Waals surface area contributed by atoms with Crippen LogP contribution in [0.1, 0.15) is 36.7 Å². The normalized spacial score (nSPS) is 18.4. The fourth-order valence-electron chi connectivity index (χ4n) is 2.83. The summed E-state index contributed by atoms with van der Waals surface area (Å²) < 4.78 is 0. The second-order valence-electron chi connectivity index (χ2n) is 6.14. The first-order valence-corrected chi connectivity index (χ1v) is 7.12. The molecule has 5 heteroatoms. The molecule has 1 atom stereocenters. The molecule has 3 rings (SSSR count). The van der Waals surface area contributed by atoms with Crippen molar-refractivity contribution in [1.29, 1.82) is 0 Å². The van der Waals surface area contributed by atoms with Crippen LogP contribution in [0.15, 0.2) is 36.7 Å². The third-order valence-corrected chi connectivity index (χ3v) is 3.87. The Morgan fingerprint density at radius 1 is 1.38 bits per heavy atom. The van der Waals surface area contributed by atoms with Gasteiger partial charge in [0.2, 0.25) is 5.91 Å². The van der Waals surface area contributed by atoms with E-state index in [1.807, 2.05) is 23.1 Å². The number of fused-ring (bicyclic) bond motifs is 1. The fraction of sp³-hybridized carbons (Fsp3) is 0.375. The quantitative estimate of drug-likeness (QED) is 0.880. The lowest BCUT2D eigenvalue weighted by Crippen LogP contribution is -2.53. The number of benzene rings is 1. The molecule has 1 unspecified atom stereocenters. The number of nitrogens with one attached hydrogen (secondary N) is 1. The van der Waals surface area contributed by atoms with Crippen molar-refractivity contribution < 1.29 is 4.79 Å². The van der Waals surface area contributed by atoms with Gasteiger partial charge in [0.15, 0.2) is 0 Å². The molecule has 2 aromatic rings. The maximum Gasteiger partial charge on any atom is 0.242 e. The summed E-state index contributed by atoms with van der Waals surface area (Å²) in [6.45, 7) is 4.64. The monoisotopic (exact) mass is 284 g/mol. The number of nitrogens with zero attached hydrogens (tertiary/aromatic N) is 2. The standard InChI is InChI=1S/C16H20N4O/c1-16(2,17)15(21)20-8-12(11-6-4-3-5-7-11)14-13(9-20)18-10-19-14/h3-7,10,12H,8-9,17H2,1-2H3,(H,18,19). The predicted octanol–water partition coefficient (Wildman–Crippen LogP) is 1.62. The molecule has 0 radical (unpaired) electrons. The van der Waals surface area contributed by atoms with Crippen LogP contribution in [0.2, 0.25) is 0 Å². The lowest BCUT2D eigenvalue weighted by atomic mass is 9.90. The van der Waals surface area contributed by atoms with Crippen LogP contribution in [-0.2, 0) is 11.3 Å². The summed E-state index contributed by atoms with van der Waals surface area (Å²) in [7, 11) is 0. The lowest BCUT2D eigenvalue weighted by Gasteiger charge is -2.35. The van der Waals surface area contributed by atoms with Crippen molar-refractivity contribution in [3.63, 3.8) is 0 Å². The smallest absolute Gasteiger partial charge is 0.242 e. The van der Waals surface area contributed by atoms with E-state index in [-0.39, 0.29) is 11.8 Å². The highest BCUT2D eigenvalue weighted by atomic mass is 16.2. The molecule has 0 saturated carbocycles. The summed E-state index contributed by atoms with van der Waals surface area (Å²) in [5.41, 5.74) is 8.30. The summed E-state index contributed by atoms with van der Waals surface area (Å²) in [6.07, 6.45) is 1.70. The number of H-pyrrole nitrogens is 1. The predicted molar refractivity (Wildman–Crippen MR) is 80.6 cm³/mol. The van der Waals surface area contributed by atoms with Crippen LogP contribution in [0.4, 0.5) is 0 Å². The van der Waals surface area contributed by atoms with Gasteiger partial charge in [-0.2, -0.15) is 0 Å². The average molecular weight is 284 g/mol. The van der Waals surface area contributed by atoms with Gasteiger partial charge in [-0.15, -0.1) is 0 Å². The van der Waals surface area contributed by atoms with Crippen molar-refractivity contribution in [2.75, 3.05) is 6.54 Å². The van der Waals surface area contributed by atoms with Crippen molar-refractivity contribution in [3.05, 3.63) is 53.6 Å². The Morgan fingerprint density at radius 3 is 2.76 bits per heavy atom. The van der Waals surface area contributed by atoms with Crippen molar-refractivity contribution in [1.82, 2.24) is 14.9 Å². The molecule has 0 bridgehead atoms. The zero-order valence-electron chi connectivity index (χ0n) is 12.3. The molecule has 21 heavy (non-hydrogen) atoms. The highest BCUT2D eigenvalue weighted by Gasteiger charge is 2.35. The number of aromatic nitrogens is 2. The Labute approximate surface area is 124 Å². The zero-order chi connectivity index (χ0) is 15.0. The topological polar surface area (TPSA) is 75.0 Å². The van der Waals surface area contributed by atoms with Crippen LogP contribution in [0.5, 0.6) is 0 Å². The molecule has 2 heterocycles. The molecule has 0 saturated heterocycles. The second-order valence-corrected chi connectivity index (χ2v) is 6.14. The summed E-state index contributed by atoms with van der Waals surface area (Å²) in [6, 6.07) is 10.2. The van der Waals surface area contributed by atoms with Gasteiger partial charge in [-0.3, -0.25) is 4.79 Å². The number of amides is 1. The van der Waals surface area contributed by atoms with E-state index in [4.69, 9.17) is 5.73 Å². The average Bonchev–Trinajstić information content (AvgIpc) is 2.93. The number of rotatable bonds is 2. The molecule has 0 spiro atoms. The van der Waals surface area contributed by atoms with Crippen molar-refractivity contribution in [2.24, 2.45) is 5.73 Å². The molecule has 110 valence electrons. The lowest BCUT2D eigenvalue weighted by molar-refractivity contribution is -0.137. The highest BCUT2D eigenvalue weighted by Crippen LogP contribution is 2.32. The van der Waals surface area contributed by atoms with Crippen LogP contribution >= 0.6 is 0 Å². The van der Waals surface area contributed by atoms with Crippen LogP contribution < -0.4 is 5.73 Å². The summed E-state index contributed by atoms with van der Waals surface area (Å²) in [5.74, 6) is 0.0520. The number of nitrogens with two attached hydrogens (primary N) is 1. The summed E-state index contributed by atoms with van der Waals surface area (Å²) >= 11 is 0.